The molecule has 1 atom stereocenters. The second-order valence-corrected chi connectivity index (χ2v) is 8.31. The number of carbonyl (C=O) groups excluding carboxylic acids is 1. The lowest BCUT2D eigenvalue weighted by molar-refractivity contribution is 0.0971. The number of para-hydroxylation sites is 2. The molecule has 1 unspecified atom stereocenters. The molecule has 2 aromatic carbocycles. The molecule has 7 heteroatoms. The van der Waals surface area contributed by atoms with E-state index in [4.69, 9.17) is 9.15 Å². The van der Waals surface area contributed by atoms with Gasteiger partial charge in [0.1, 0.15) is 17.4 Å². The SMILES string of the molecule is COc1ccccc1C1c2c(oc3ccccc3c2=O)C(=O)N1c1nc(C)c(C)s1. The quantitative estimate of drug-likeness (QED) is 0.485. The van der Waals surface area contributed by atoms with Crippen LogP contribution in [0.25, 0.3) is 11.0 Å². The summed E-state index contributed by atoms with van der Waals surface area (Å²) in [6, 6.07) is 13.7. The molecule has 6 nitrogen and oxygen atoms in total. The smallest absolute Gasteiger partial charge is 0.297 e. The molecular weight excluding hydrogens is 400 g/mol. The number of hydrogen-bond acceptors (Lipinski definition) is 6. The molecule has 150 valence electrons. The molecule has 2 aromatic heterocycles. The average Bonchev–Trinajstić information content (AvgIpc) is 3.24. The lowest BCUT2D eigenvalue weighted by atomic mass is 9.98. The number of benzene rings is 2. The summed E-state index contributed by atoms with van der Waals surface area (Å²) in [6.45, 7) is 3.86. The van der Waals surface area contributed by atoms with E-state index in [1.165, 1.54) is 11.3 Å². The van der Waals surface area contributed by atoms with Crippen molar-refractivity contribution in [3.8, 4) is 5.75 Å². The second kappa shape index (κ2) is 6.81. The first-order valence-corrected chi connectivity index (χ1v) is 10.3. The first-order chi connectivity index (χ1) is 14.5. The highest BCUT2D eigenvalue weighted by molar-refractivity contribution is 7.15. The van der Waals surface area contributed by atoms with Crippen molar-refractivity contribution in [3.63, 3.8) is 0 Å². The minimum atomic E-state index is -0.686. The van der Waals surface area contributed by atoms with E-state index < -0.39 is 6.04 Å². The standard InChI is InChI=1S/C23H18N2O4S/c1-12-13(2)30-23(24-12)25-19(14-8-4-6-10-16(14)28-3)18-20(26)15-9-5-7-11-17(15)29-21(18)22(25)27/h4-11,19H,1-3H3. The maximum absolute atomic E-state index is 13.5. The average molecular weight is 418 g/mol. The van der Waals surface area contributed by atoms with Crippen molar-refractivity contribution in [2.45, 2.75) is 19.9 Å². The van der Waals surface area contributed by atoms with Crippen LogP contribution in [0.15, 0.2) is 57.7 Å². The van der Waals surface area contributed by atoms with Gasteiger partial charge in [-0.3, -0.25) is 14.5 Å². The van der Waals surface area contributed by atoms with Gasteiger partial charge in [-0.1, -0.05) is 30.3 Å². The van der Waals surface area contributed by atoms with Crippen molar-refractivity contribution in [1.29, 1.82) is 0 Å². The lowest BCUT2D eigenvalue weighted by Crippen LogP contribution is -2.29. The Hall–Kier alpha value is -3.45. The summed E-state index contributed by atoms with van der Waals surface area (Å²) in [5.41, 5.74) is 2.04. The number of aromatic nitrogens is 1. The third-order valence-electron chi connectivity index (χ3n) is 5.43. The molecule has 0 aliphatic carbocycles. The molecule has 0 bridgehead atoms. The number of nitrogens with zero attached hydrogens (tertiary/aromatic N) is 2. The number of carbonyl (C=O) groups is 1. The maximum atomic E-state index is 13.5. The number of ether oxygens (including phenoxy) is 1. The van der Waals surface area contributed by atoms with Gasteiger partial charge in [-0.25, -0.2) is 4.98 Å². The summed E-state index contributed by atoms with van der Waals surface area (Å²) >= 11 is 1.42. The van der Waals surface area contributed by atoms with Crippen molar-refractivity contribution in [2.24, 2.45) is 0 Å². The Balaban J connectivity index is 1.85. The number of aryl methyl sites for hydroxylation is 2. The molecule has 0 N–H and O–H groups in total. The van der Waals surface area contributed by atoms with Crippen LogP contribution in [0.4, 0.5) is 5.13 Å². The van der Waals surface area contributed by atoms with E-state index in [1.54, 1.807) is 36.3 Å². The molecule has 0 radical (unpaired) electrons. The third-order valence-corrected chi connectivity index (χ3v) is 6.51. The van der Waals surface area contributed by atoms with Gasteiger partial charge in [0.15, 0.2) is 10.6 Å². The number of rotatable bonds is 3. The zero-order valence-corrected chi connectivity index (χ0v) is 17.4. The summed E-state index contributed by atoms with van der Waals surface area (Å²) in [5.74, 6) is 0.267. The molecule has 5 rings (SSSR count). The van der Waals surface area contributed by atoms with Crippen molar-refractivity contribution >= 4 is 33.3 Å². The Bertz CT molecular complexity index is 1350. The number of thiazole rings is 1. The Kier molecular flexibility index (Phi) is 4.22. The first-order valence-electron chi connectivity index (χ1n) is 9.47. The van der Waals surface area contributed by atoms with E-state index in [0.29, 0.717) is 33.0 Å². The molecule has 1 aliphatic rings. The van der Waals surface area contributed by atoms with Gasteiger partial charge in [0.25, 0.3) is 5.91 Å². The molecular formula is C23H18N2O4S. The first kappa shape index (κ1) is 18.6. The predicted molar refractivity (Wildman–Crippen MR) is 116 cm³/mol. The summed E-state index contributed by atoms with van der Waals surface area (Å²) in [4.78, 5) is 34.2. The lowest BCUT2D eigenvalue weighted by Gasteiger charge is -2.24. The van der Waals surface area contributed by atoms with Gasteiger partial charge in [-0.2, -0.15) is 0 Å². The second-order valence-electron chi connectivity index (χ2n) is 7.13. The van der Waals surface area contributed by atoms with E-state index in [2.05, 4.69) is 4.98 Å². The maximum Gasteiger partial charge on any atom is 0.297 e. The minimum Gasteiger partial charge on any atom is -0.496 e. The molecule has 1 aliphatic heterocycles. The summed E-state index contributed by atoms with van der Waals surface area (Å²) in [6.07, 6.45) is 0. The van der Waals surface area contributed by atoms with Crippen molar-refractivity contribution in [1.82, 2.24) is 4.98 Å². The van der Waals surface area contributed by atoms with Crippen LogP contribution in [-0.2, 0) is 0 Å². The van der Waals surface area contributed by atoms with Crippen LogP contribution in [0.3, 0.4) is 0 Å². The highest BCUT2D eigenvalue weighted by Gasteiger charge is 2.46. The molecule has 1 amide bonds. The summed E-state index contributed by atoms with van der Waals surface area (Å²) in [5, 5.41) is 0.970. The number of fused-ring (bicyclic) bond motifs is 2. The third kappa shape index (κ3) is 2.59. The highest BCUT2D eigenvalue weighted by atomic mass is 32.1. The van der Waals surface area contributed by atoms with Crippen LogP contribution in [0.5, 0.6) is 5.75 Å². The number of amides is 1. The van der Waals surface area contributed by atoms with E-state index in [0.717, 1.165) is 10.6 Å². The van der Waals surface area contributed by atoms with Gasteiger partial charge < -0.3 is 9.15 Å². The molecule has 0 fully saturated rings. The minimum absolute atomic E-state index is 0.0557. The van der Waals surface area contributed by atoms with Gasteiger partial charge in [0.05, 0.1) is 23.8 Å². The number of hydrogen-bond donors (Lipinski definition) is 0. The normalized spacial score (nSPS) is 15.6. The van der Waals surface area contributed by atoms with Crippen LogP contribution in [0, 0.1) is 13.8 Å². The zero-order chi connectivity index (χ0) is 21.0. The molecule has 0 spiro atoms. The molecule has 0 saturated carbocycles. The fourth-order valence-electron chi connectivity index (χ4n) is 3.86. The largest absolute Gasteiger partial charge is 0.496 e. The van der Waals surface area contributed by atoms with Gasteiger partial charge in [-0.15, -0.1) is 11.3 Å². The molecule has 0 saturated heterocycles. The van der Waals surface area contributed by atoms with Crippen LogP contribution in [0.1, 0.15) is 38.3 Å². The van der Waals surface area contributed by atoms with Gasteiger partial charge in [-0.05, 0) is 32.0 Å². The van der Waals surface area contributed by atoms with Crippen LogP contribution < -0.4 is 15.1 Å². The van der Waals surface area contributed by atoms with Crippen molar-refractivity contribution in [3.05, 3.63) is 86.2 Å². The Morgan fingerprint density at radius 1 is 1.07 bits per heavy atom. The Morgan fingerprint density at radius 3 is 2.53 bits per heavy atom. The van der Waals surface area contributed by atoms with Crippen LogP contribution >= 0.6 is 11.3 Å². The molecule has 4 aromatic rings. The van der Waals surface area contributed by atoms with E-state index in [9.17, 15) is 9.59 Å². The van der Waals surface area contributed by atoms with Gasteiger partial charge in [0.2, 0.25) is 5.76 Å². The van der Waals surface area contributed by atoms with E-state index in [-0.39, 0.29) is 17.1 Å². The van der Waals surface area contributed by atoms with E-state index in [1.807, 2.05) is 38.1 Å². The zero-order valence-electron chi connectivity index (χ0n) is 16.6. The van der Waals surface area contributed by atoms with Gasteiger partial charge >= 0.3 is 0 Å². The van der Waals surface area contributed by atoms with Gasteiger partial charge in [0, 0.05) is 10.4 Å². The molecule has 3 heterocycles. The van der Waals surface area contributed by atoms with Crippen LogP contribution in [-0.4, -0.2) is 18.0 Å². The fraction of sp³-hybridized carbons (Fsp3) is 0.174. The highest BCUT2D eigenvalue weighted by Crippen LogP contribution is 2.45. The molecule has 30 heavy (non-hydrogen) atoms. The predicted octanol–water partition coefficient (Wildman–Crippen LogP) is 4.62. The van der Waals surface area contributed by atoms with Crippen LogP contribution in [0.2, 0.25) is 0 Å². The topological polar surface area (TPSA) is 72.6 Å². The Labute approximate surface area is 176 Å². The summed E-state index contributed by atoms with van der Waals surface area (Å²) in [7, 11) is 1.57. The van der Waals surface area contributed by atoms with Crippen molar-refractivity contribution in [2.75, 3.05) is 12.0 Å². The number of anilines is 1. The van der Waals surface area contributed by atoms with E-state index >= 15 is 0 Å². The Morgan fingerprint density at radius 2 is 1.80 bits per heavy atom. The fourth-order valence-corrected chi connectivity index (χ4v) is 4.80. The monoisotopic (exact) mass is 418 g/mol. The summed E-state index contributed by atoms with van der Waals surface area (Å²) < 4.78 is 11.5. The number of methoxy groups -OCH3 is 1. The van der Waals surface area contributed by atoms with Crippen molar-refractivity contribution < 1.29 is 13.9 Å².